The molecule has 1 N–H and O–H groups in total. The molecule has 3 heterocycles. The topological polar surface area (TPSA) is 72.8 Å². The lowest BCUT2D eigenvalue weighted by atomic mass is 10.1. The lowest BCUT2D eigenvalue weighted by molar-refractivity contribution is 0.0747. The standard InChI is InChI=1S/C22H24N4O3/c27-21(16-6-8-17(9-7-16)24-10-1-2-11-24)26-14-12-25(13-15-26)19-5-3-4-18-20(19)29-22(28)23-18/h3-9H,1-2,10-15H2,(H,23,28). The van der Waals surface area contributed by atoms with Crippen LogP contribution in [-0.2, 0) is 0 Å². The Hall–Kier alpha value is -3.22. The highest BCUT2D eigenvalue weighted by molar-refractivity contribution is 5.95. The van der Waals surface area contributed by atoms with Gasteiger partial charge in [0.05, 0.1) is 11.2 Å². The lowest BCUT2D eigenvalue weighted by Crippen LogP contribution is -2.48. The Kier molecular flexibility index (Phi) is 4.50. The van der Waals surface area contributed by atoms with Gasteiger partial charge in [-0.15, -0.1) is 0 Å². The summed E-state index contributed by atoms with van der Waals surface area (Å²) in [6.07, 6.45) is 2.48. The Morgan fingerprint density at radius 1 is 0.862 bits per heavy atom. The Morgan fingerprint density at radius 2 is 1.59 bits per heavy atom. The summed E-state index contributed by atoms with van der Waals surface area (Å²) in [7, 11) is 0. The molecule has 0 aliphatic carbocycles. The Morgan fingerprint density at radius 3 is 2.31 bits per heavy atom. The summed E-state index contributed by atoms with van der Waals surface area (Å²) in [5, 5.41) is 0. The van der Waals surface area contributed by atoms with Crippen LogP contribution in [0.25, 0.3) is 11.1 Å². The highest BCUT2D eigenvalue weighted by Crippen LogP contribution is 2.26. The summed E-state index contributed by atoms with van der Waals surface area (Å²) in [5.41, 5.74) is 4.10. The first kappa shape index (κ1) is 17.8. The summed E-state index contributed by atoms with van der Waals surface area (Å²) in [4.78, 5) is 33.6. The molecule has 2 aliphatic heterocycles. The predicted molar refractivity (Wildman–Crippen MR) is 113 cm³/mol. The molecule has 29 heavy (non-hydrogen) atoms. The smallest absolute Gasteiger partial charge is 0.406 e. The molecule has 0 spiro atoms. The number of rotatable bonds is 3. The van der Waals surface area contributed by atoms with Gasteiger partial charge in [-0.05, 0) is 49.2 Å². The van der Waals surface area contributed by atoms with Crippen molar-refractivity contribution in [2.45, 2.75) is 12.8 Å². The Bertz CT molecular complexity index is 1070. The summed E-state index contributed by atoms with van der Waals surface area (Å²) >= 11 is 0. The van der Waals surface area contributed by atoms with E-state index in [-0.39, 0.29) is 5.91 Å². The first-order valence-electron chi connectivity index (χ1n) is 10.2. The van der Waals surface area contributed by atoms with E-state index in [1.165, 1.54) is 18.5 Å². The van der Waals surface area contributed by atoms with Gasteiger partial charge < -0.3 is 19.1 Å². The van der Waals surface area contributed by atoms with Crippen molar-refractivity contribution in [3.63, 3.8) is 0 Å². The third kappa shape index (κ3) is 3.37. The zero-order valence-corrected chi connectivity index (χ0v) is 16.3. The SMILES string of the molecule is O=C(c1ccc(N2CCCC2)cc1)N1CCN(c2cccc3[nH]c(=O)oc23)CC1. The molecule has 5 rings (SSSR count). The molecule has 150 valence electrons. The number of nitrogens with one attached hydrogen (secondary N) is 1. The monoisotopic (exact) mass is 392 g/mol. The van der Waals surface area contributed by atoms with Crippen LogP contribution in [0, 0.1) is 0 Å². The number of hydrogen-bond acceptors (Lipinski definition) is 5. The first-order valence-corrected chi connectivity index (χ1v) is 10.2. The molecule has 0 radical (unpaired) electrons. The van der Waals surface area contributed by atoms with Crippen molar-refractivity contribution in [2.24, 2.45) is 0 Å². The molecule has 1 aromatic heterocycles. The number of carbonyl (C=O) groups is 1. The Balaban J connectivity index is 1.26. The third-order valence-corrected chi connectivity index (χ3v) is 5.92. The van der Waals surface area contributed by atoms with Gasteiger partial charge in [0.15, 0.2) is 5.58 Å². The van der Waals surface area contributed by atoms with Gasteiger partial charge in [-0.3, -0.25) is 9.78 Å². The average Bonchev–Trinajstić information content (AvgIpc) is 3.42. The fourth-order valence-corrected chi connectivity index (χ4v) is 4.33. The molecule has 2 aliphatic rings. The van der Waals surface area contributed by atoms with Gasteiger partial charge in [0.2, 0.25) is 0 Å². The van der Waals surface area contributed by atoms with Gasteiger partial charge in [-0.25, -0.2) is 4.79 Å². The molecule has 0 saturated carbocycles. The zero-order chi connectivity index (χ0) is 19.8. The van der Waals surface area contributed by atoms with Crippen LogP contribution in [0.2, 0.25) is 0 Å². The molecule has 0 bridgehead atoms. The maximum Gasteiger partial charge on any atom is 0.417 e. The molecular weight excluding hydrogens is 368 g/mol. The predicted octanol–water partition coefficient (Wildman–Crippen LogP) is 2.68. The van der Waals surface area contributed by atoms with Crippen LogP contribution in [0.15, 0.2) is 51.7 Å². The van der Waals surface area contributed by atoms with Gasteiger partial charge in [0.25, 0.3) is 5.91 Å². The minimum absolute atomic E-state index is 0.0732. The largest absolute Gasteiger partial charge is 0.417 e. The number of nitrogens with zero attached hydrogens (tertiary/aromatic N) is 3. The first-order chi connectivity index (χ1) is 14.2. The van der Waals surface area contributed by atoms with Crippen molar-refractivity contribution in [3.05, 3.63) is 58.6 Å². The number of aromatic amines is 1. The zero-order valence-electron chi connectivity index (χ0n) is 16.3. The maximum absolute atomic E-state index is 12.9. The molecule has 2 fully saturated rings. The number of anilines is 2. The lowest BCUT2D eigenvalue weighted by Gasteiger charge is -2.36. The summed E-state index contributed by atoms with van der Waals surface area (Å²) in [6, 6.07) is 13.7. The van der Waals surface area contributed by atoms with E-state index in [0.29, 0.717) is 37.3 Å². The number of H-pyrrole nitrogens is 1. The Labute approximate surface area is 168 Å². The summed E-state index contributed by atoms with van der Waals surface area (Å²) in [6.45, 7) is 4.87. The van der Waals surface area contributed by atoms with E-state index in [1.54, 1.807) is 0 Å². The second kappa shape index (κ2) is 7.31. The van der Waals surface area contributed by atoms with Crippen molar-refractivity contribution in [1.82, 2.24) is 9.88 Å². The van der Waals surface area contributed by atoms with Gasteiger partial charge in [-0.2, -0.15) is 0 Å². The highest BCUT2D eigenvalue weighted by atomic mass is 16.4. The summed E-state index contributed by atoms with van der Waals surface area (Å²) in [5.74, 6) is -0.373. The van der Waals surface area contributed by atoms with E-state index in [4.69, 9.17) is 4.42 Å². The van der Waals surface area contributed by atoms with E-state index >= 15 is 0 Å². The van der Waals surface area contributed by atoms with Crippen molar-refractivity contribution in [1.29, 1.82) is 0 Å². The molecule has 7 nitrogen and oxygen atoms in total. The quantitative estimate of drug-likeness (QED) is 0.742. The number of fused-ring (bicyclic) bond motifs is 1. The number of hydrogen-bond donors (Lipinski definition) is 1. The van der Waals surface area contributed by atoms with Crippen LogP contribution in [0.1, 0.15) is 23.2 Å². The maximum atomic E-state index is 12.9. The van der Waals surface area contributed by atoms with E-state index in [0.717, 1.165) is 24.3 Å². The molecule has 7 heteroatoms. The molecule has 0 unspecified atom stereocenters. The van der Waals surface area contributed by atoms with Crippen LogP contribution < -0.4 is 15.6 Å². The number of oxazole rings is 1. The van der Waals surface area contributed by atoms with Crippen molar-refractivity contribution >= 4 is 28.4 Å². The van der Waals surface area contributed by atoms with Crippen LogP contribution >= 0.6 is 0 Å². The number of benzene rings is 2. The highest BCUT2D eigenvalue weighted by Gasteiger charge is 2.24. The van der Waals surface area contributed by atoms with E-state index < -0.39 is 5.76 Å². The fraction of sp³-hybridized carbons (Fsp3) is 0.364. The number of piperazine rings is 1. The van der Waals surface area contributed by atoms with Crippen LogP contribution in [0.4, 0.5) is 11.4 Å². The molecule has 3 aromatic rings. The normalized spacial score (nSPS) is 17.3. The van der Waals surface area contributed by atoms with Crippen molar-refractivity contribution < 1.29 is 9.21 Å². The number of carbonyl (C=O) groups excluding carboxylic acids is 1. The molecule has 2 saturated heterocycles. The minimum Gasteiger partial charge on any atom is -0.406 e. The van der Waals surface area contributed by atoms with Crippen LogP contribution in [-0.4, -0.2) is 55.1 Å². The number of amides is 1. The average molecular weight is 392 g/mol. The number of aromatic nitrogens is 1. The van der Waals surface area contributed by atoms with E-state index in [1.807, 2.05) is 35.2 Å². The fourth-order valence-electron chi connectivity index (χ4n) is 4.33. The molecular formula is C22H24N4O3. The van der Waals surface area contributed by atoms with Gasteiger partial charge in [-0.1, -0.05) is 6.07 Å². The van der Waals surface area contributed by atoms with E-state index in [2.05, 4.69) is 26.9 Å². The van der Waals surface area contributed by atoms with Crippen molar-refractivity contribution in [3.8, 4) is 0 Å². The van der Waals surface area contributed by atoms with Gasteiger partial charge in [0, 0.05) is 50.5 Å². The van der Waals surface area contributed by atoms with Gasteiger partial charge in [0.1, 0.15) is 0 Å². The van der Waals surface area contributed by atoms with E-state index in [9.17, 15) is 9.59 Å². The number of para-hydroxylation sites is 1. The second-order valence-electron chi connectivity index (χ2n) is 7.69. The van der Waals surface area contributed by atoms with Crippen LogP contribution in [0.3, 0.4) is 0 Å². The van der Waals surface area contributed by atoms with Crippen LogP contribution in [0.5, 0.6) is 0 Å². The van der Waals surface area contributed by atoms with Crippen molar-refractivity contribution in [2.75, 3.05) is 49.1 Å². The molecule has 2 aromatic carbocycles. The molecule has 0 atom stereocenters. The third-order valence-electron chi connectivity index (χ3n) is 5.92. The molecule has 1 amide bonds. The second-order valence-corrected chi connectivity index (χ2v) is 7.69. The minimum atomic E-state index is -0.446. The van der Waals surface area contributed by atoms with Gasteiger partial charge >= 0.3 is 5.76 Å². The summed E-state index contributed by atoms with van der Waals surface area (Å²) < 4.78 is 5.31.